The first kappa shape index (κ1) is 18.7. The Hall–Kier alpha value is -3.13. The van der Waals surface area contributed by atoms with Crippen molar-refractivity contribution in [2.24, 2.45) is 0 Å². The van der Waals surface area contributed by atoms with Crippen LogP contribution < -0.4 is 14.7 Å². The number of fused-ring (bicyclic) bond motifs is 1. The average Bonchev–Trinajstić information content (AvgIpc) is 2.59. The maximum Gasteiger partial charge on any atom is 0.345 e. The van der Waals surface area contributed by atoms with Crippen LogP contribution in [0.25, 0.3) is 11.0 Å². The van der Waals surface area contributed by atoms with Gasteiger partial charge in [0, 0.05) is 24.6 Å². The second-order valence-electron chi connectivity index (χ2n) is 6.04. The van der Waals surface area contributed by atoms with E-state index in [1.807, 2.05) is 0 Å². The van der Waals surface area contributed by atoms with Crippen LogP contribution in [0.1, 0.15) is 15.9 Å². The highest BCUT2D eigenvalue weighted by molar-refractivity contribution is 7.92. The van der Waals surface area contributed by atoms with Gasteiger partial charge < -0.3 is 9.15 Å². The number of aryl methyl sites for hydroxylation is 1. The Morgan fingerprint density at radius 2 is 1.81 bits per heavy atom. The molecule has 0 atom stereocenters. The predicted molar refractivity (Wildman–Crippen MR) is 102 cm³/mol. The molecule has 0 fully saturated rings. The molecule has 0 bridgehead atoms. The second-order valence-corrected chi connectivity index (χ2v) is 8.06. The first-order chi connectivity index (χ1) is 12.7. The highest BCUT2D eigenvalue weighted by Gasteiger charge is 2.21. The molecule has 1 heterocycles. The number of esters is 1. The molecule has 140 valence electrons. The summed E-state index contributed by atoms with van der Waals surface area (Å²) in [5.41, 5.74) is 0.846. The summed E-state index contributed by atoms with van der Waals surface area (Å²) in [6, 6.07) is 12.3. The SMILES string of the molecule is Cc1cc(=O)oc2cc(OC(=O)c3ccccc3N(C)S(C)(=O)=O)ccc12. The number of para-hydroxylation sites is 1. The van der Waals surface area contributed by atoms with Crippen LogP contribution in [0.2, 0.25) is 0 Å². The van der Waals surface area contributed by atoms with Crippen LogP contribution in [0.15, 0.2) is 57.7 Å². The lowest BCUT2D eigenvalue weighted by Crippen LogP contribution is -2.27. The van der Waals surface area contributed by atoms with Crippen molar-refractivity contribution in [2.75, 3.05) is 17.6 Å². The molecule has 0 spiro atoms. The highest BCUT2D eigenvalue weighted by atomic mass is 32.2. The average molecular weight is 387 g/mol. The van der Waals surface area contributed by atoms with Crippen molar-refractivity contribution < 1.29 is 22.4 Å². The molecule has 0 aliphatic carbocycles. The fourth-order valence-electron chi connectivity index (χ4n) is 2.63. The molecule has 0 saturated carbocycles. The van der Waals surface area contributed by atoms with E-state index in [-0.39, 0.29) is 17.0 Å². The number of rotatable bonds is 4. The van der Waals surface area contributed by atoms with Gasteiger partial charge in [0.15, 0.2) is 0 Å². The van der Waals surface area contributed by atoms with Crippen LogP contribution in [0.3, 0.4) is 0 Å². The predicted octanol–water partition coefficient (Wildman–Crippen LogP) is 2.72. The topological polar surface area (TPSA) is 93.9 Å². The van der Waals surface area contributed by atoms with E-state index in [4.69, 9.17) is 9.15 Å². The first-order valence-electron chi connectivity index (χ1n) is 7.96. The lowest BCUT2D eigenvalue weighted by atomic mass is 10.1. The summed E-state index contributed by atoms with van der Waals surface area (Å²) in [6.07, 6.45) is 1.04. The molecule has 0 aliphatic rings. The van der Waals surface area contributed by atoms with Crippen molar-refractivity contribution >= 4 is 32.6 Å². The van der Waals surface area contributed by atoms with E-state index in [1.54, 1.807) is 31.2 Å². The lowest BCUT2D eigenvalue weighted by molar-refractivity contribution is 0.0736. The van der Waals surface area contributed by atoms with Crippen molar-refractivity contribution in [3.8, 4) is 5.75 Å². The zero-order valence-corrected chi connectivity index (χ0v) is 15.7. The minimum absolute atomic E-state index is 0.0937. The Balaban J connectivity index is 1.97. The fourth-order valence-corrected chi connectivity index (χ4v) is 3.15. The quantitative estimate of drug-likeness (QED) is 0.388. The highest BCUT2D eigenvalue weighted by Crippen LogP contribution is 2.26. The van der Waals surface area contributed by atoms with Gasteiger partial charge >= 0.3 is 11.6 Å². The van der Waals surface area contributed by atoms with Crippen LogP contribution in [0, 0.1) is 6.92 Å². The Kier molecular flexibility index (Phi) is 4.75. The Morgan fingerprint density at radius 1 is 1.11 bits per heavy atom. The molecule has 0 aliphatic heterocycles. The Labute approximate surface area is 155 Å². The van der Waals surface area contributed by atoms with Crippen LogP contribution in [-0.2, 0) is 10.0 Å². The normalized spacial score (nSPS) is 11.4. The van der Waals surface area contributed by atoms with Crippen LogP contribution in [0.4, 0.5) is 5.69 Å². The third-order valence-electron chi connectivity index (χ3n) is 4.09. The van der Waals surface area contributed by atoms with E-state index in [9.17, 15) is 18.0 Å². The van der Waals surface area contributed by atoms with Gasteiger partial charge in [0.1, 0.15) is 11.3 Å². The molecule has 0 N–H and O–H groups in total. The van der Waals surface area contributed by atoms with Crippen molar-refractivity contribution in [1.29, 1.82) is 0 Å². The minimum atomic E-state index is -3.55. The summed E-state index contributed by atoms with van der Waals surface area (Å²) in [5.74, 6) is -0.548. The van der Waals surface area contributed by atoms with Crippen LogP contribution in [-0.4, -0.2) is 27.7 Å². The van der Waals surface area contributed by atoms with E-state index in [1.165, 1.54) is 31.3 Å². The van der Waals surface area contributed by atoms with Gasteiger partial charge in [-0.25, -0.2) is 18.0 Å². The maximum absolute atomic E-state index is 12.6. The van der Waals surface area contributed by atoms with Gasteiger partial charge in [-0.1, -0.05) is 12.1 Å². The molecule has 27 heavy (non-hydrogen) atoms. The molecule has 0 radical (unpaired) electrons. The molecule has 2 aromatic carbocycles. The van der Waals surface area contributed by atoms with Gasteiger partial charge in [0.05, 0.1) is 17.5 Å². The number of anilines is 1. The summed E-state index contributed by atoms with van der Waals surface area (Å²) in [6.45, 7) is 1.78. The van der Waals surface area contributed by atoms with Crippen LogP contribution >= 0.6 is 0 Å². The number of carbonyl (C=O) groups excluding carboxylic acids is 1. The van der Waals surface area contributed by atoms with Gasteiger partial charge in [-0.3, -0.25) is 4.31 Å². The number of sulfonamides is 1. The number of hydrogen-bond acceptors (Lipinski definition) is 6. The van der Waals surface area contributed by atoms with Gasteiger partial charge in [-0.15, -0.1) is 0 Å². The zero-order chi connectivity index (χ0) is 19.8. The van der Waals surface area contributed by atoms with E-state index < -0.39 is 21.6 Å². The zero-order valence-electron chi connectivity index (χ0n) is 14.9. The first-order valence-corrected chi connectivity index (χ1v) is 9.81. The molecule has 8 heteroatoms. The van der Waals surface area contributed by atoms with Crippen molar-refractivity contribution in [1.82, 2.24) is 0 Å². The third kappa shape index (κ3) is 3.85. The molecule has 1 aromatic heterocycles. The molecular weight excluding hydrogens is 370 g/mol. The number of hydrogen-bond donors (Lipinski definition) is 0. The summed E-state index contributed by atoms with van der Waals surface area (Å²) in [5, 5.41) is 0.728. The molecule has 0 unspecified atom stereocenters. The van der Waals surface area contributed by atoms with E-state index in [0.29, 0.717) is 5.58 Å². The molecule has 0 amide bonds. The van der Waals surface area contributed by atoms with Crippen molar-refractivity contribution in [2.45, 2.75) is 6.92 Å². The van der Waals surface area contributed by atoms with Gasteiger partial charge in [0.2, 0.25) is 10.0 Å². The van der Waals surface area contributed by atoms with Gasteiger partial charge in [0.25, 0.3) is 0 Å². The van der Waals surface area contributed by atoms with Gasteiger partial charge in [-0.05, 0) is 36.8 Å². The van der Waals surface area contributed by atoms with Crippen LogP contribution in [0.5, 0.6) is 5.75 Å². The van der Waals surface area contributed by atoms with Crippen molar-refractivity contribution in [3.63, 3.8) is 0 Å². The smallest absolute Gasteiger partial charge is 0.345 e. The number of ether oxygens (including phenoxy) is 1. The summed E-state index contributed by atoms with van der Waals surface area (Å²) in [7, 11) is -2.19. The van der Waals surface area contributed by atoms with E-state index >= 15 is 0 Å². The monoisotopic (exact) mass is 387 g/mol. The molecule has 0 saturated heterocycles. The van der Waals surface area contributed by atoms with E-state index in [2.05, 4.69) is 0 Å². The molecular formula is C19H17NO6S. The number of benzene rings is 2. The third-order valence-corrected chi connectivity index (χ3v) is 5.29. The standard InChI is InChI=1S/C19H17NO6S/c1-12-10-18(21)26-17-11-13(8-9-14(12)17)25-19(22)15-6-4-5-7-16(15)20(2)27(3,23)24/h4-11H,1-3H3. The molecule has 7 nitrogen and oxygen atoms in total. The summed E-state index contributed by atoms with van der Waals surface area (Å²) in [4.78, 5) is 24.1. The molecule has 3 rings (SSSR count). The fraction of sp³-hybridized carbons (Fsp3) is 0.158. The minimum Gasteiger partial charge on any atom is -0.423 e. The largest absolute Gasteiger partial charge is 0.423 e. The Morgan fingerprint density at radius 3 is 2.52 bits per heavy atom. The number of carbonyl (C=O) groups is 1. The van der Waals surface area contributed by atoms with Crippen molar-refractivity contribution in [3.05, 3.63) is 70.1 Å². The summed E-state index contributed by atoms with van der Waals surface area (Å²) < 4.78 is 35.1. The molecule has 3 aromatic rings. The second kappa shape index (κ2) is 6.88. The maximum atomic E-state index is 12.6. The lowest BCUT2D eigenvalue weighted by Gasteiger charge is -2.19. The summed E-state index contributed by atoms with van der Waals surface area (Å²) >= 11 is 0. The van der Waals surface area contributed by atoms with E-state index in [0.717, 1.165) is 21.5 Å². The number of nitrogens with zero attached hydrogens (tertiary/aromatic N) is 1. The Bertz CT molecular complexity index is 1200. The van der Waals surface area contributed by atoms with Gasteiger partial charge in [-0.2, -0.15) is 0 Å².